The number of fused-ring (bicyclic) bond motifs is 1. The Morgan fingerprint density at radius 1 is 1.26 bits per heavy atom. The Morgan fingerprint density at radius 3 is 2.40 bits per heavy atom. The third-order valence-electron chi connectivity index (χ3n) is 6.81. The predicted molar refractivity (Wildman–Crippen MR) is 159 cm³/mol. The number of alkyl halides is 3. The van der Waals surface area contributed by atoms with E-state index in [1.165, 1.54) is 6.08 Å². The number of carbonyl (C=O) groups is 2. The van der Waals surface area contributed by atoms with Gasteiger partial charge >= 0.3 is 12.1 Å². The van der Waals surface area contributed by atoms with Crippen LogP contribution in [0.3, 0.4) is 0 Å². The van der Waals surface area contributed by atoms with Crippen LogP contribution in [0.5, 0.6) is 0 Å². The number of aliphatic carboxylic acids is 1. The molecule has 13 heteroatoms. The Balaban J connectivity index is 0.000000646. The van der Waals surface area contributed by atoms with Crippen LogP contribution in [0.1, 0.15) is 49.9 Å². The number of nitriles is 1. The first kappa shape index (κ1) is 33.9. The zero-order valence-corrected chi connectivity index (χ0v) is 25.4. The Hall–Kier alpha value is -3.60. The average Bonchev–Trinajstić information content (AvgIpc) is 2.92. The van der Waals surface area contributed by atoms with Gasteiger partial charge in [-0.2, -0.15) is 18.4 Å². The number of amides is 1. The molecule has 1 amide bonds. The van der Waals surface area contributed by atoms with Gasteiger partial charge in [0.15, 0.2) is 0 Å². The number of carboxylic acids is 1. The quantitative estimate of drug-likeness (QED) is 0.287. The lowest BCUT2D eigenvalue weighted by Gasteiger charge is -2.40. The predicted octanol–water partition coefficient (Wildman–Crippen LogP) is 5.08. The summed E-state index contributed by atoms with van der Waals surface area (Å²) in [7, 11) is 0. The highest BCUT2D eigenvalue weighted by Crippen LogP contribution is 2.39. The molecule has 4 rings (SSSR count). The van der Waals surface area contributed by atoms with E-state index in [0.717, 1.165) is 58.5 Å². The lowest BCUT2D eigenvalue weighted by Crippen LogP contribution is -2.55. The number of pyridine rings is 1. The van der Waals surface area contributed by atoms with Crippen LogP contribution in [-0.2, 0) is 33.8 Å². The van der Waals surface area contributed by atoms with Crippen LogP contribution in [0.15, 0.2) is 41.9 Å². The number of ether oxygens (including phenoxy) is 1. The number of piperazine rings is 1. The van der Waals surface area contributed by atoms with Crippen LogP contribution < -0.4 is 15.5 Å². The molecular formula is C30H36F3N5O4S. The van der Waals surface area contributed by atoms with Gasteiger partial charge in [0.05, 0.1) is 17.8 Å². The standard InChI is InChI=1S/C28H35N5O2S.C2HF3O2/c1-6-25(34)31-21-9-7-20(8-10-21)11-12-36-27-23(14-29)22-13-28(4,5)35-17-24(22)26(32-27)33-15-18(2)30-19(3)16-33;3-2(4,5)1(6)7/h6-10,18-19,30H,1,11-13,15-17H2,2-5H3,(H,31,34);(H,6,7). The van der Waals surface area contributed by atoms with Crippen molar-refractivity contribution in [1.29, 1.82) is 5.26 Å². The number of nitrogens with one attached hydrogen (secondary N) is 2. The zero-order chi connectivity index (χ0) is 31.9. The summed E-state index contributed by atoms with van der Waals surface area (Å²) in [5.74, 6) is -1.22. The number of benzene rings is 1. The summed E-state index contributed by atoms with van der Waals surface area (Å²) >= 11 is 1.64. The van der Waals surface area contributed by atoms with E-state index < -0.39 is 12.1 Å². The van der Waals surface area contributed by atoms with Gasteiger partial charge in [-0.15, -0.1) is 11.8 Å². The molecule has 2 atom stereocenters. The van der Waals surface area contributed by atoms with Crippen molar-refractivity contribution in [2.24, 2.45) is 0 Å². The number of aryl methyl sites for hydroxylation is 1. The van der Waals surface area contributed by atoms with Crippen LogP contribution in [0, 0.1) is 11.3 Å². The second-order valence-electron chi connectivity index (χ2n) is 11.1. The maximum atomic E-state index is 11.5. The summed E-state index contributed by atoms with van der Waals surface area (Å²) in [6.45, 7) is 14.3. The van der Waals surface area contributed by atoms with E-state index in [2.05, 4.69) is 55.9 Å². The molecule has 2 unspecified atom stereocenters. The van der Waals surface area contributed by atoms with Crippen LogP contribution in [0.4, 0.5) is 24.7 Å². The smallest absolute Gasteiger partial charge is 0.475 e. The van der Waals surface area contributed by atoms with Crippen LogP contribution in [0.2, 0.25) is 0 Å². The summed E-state index contributed by atoms with van der Waals surface area (Å²) in [6, 6.07) is 11.0. The van der Waals surface area contributed by atoms with Crippen LogP contribution in [-0.4, -0.2) is 64.7 Å². The molecule has 2 aromatic rings. The summed E-state index contributed by atoms with van der Waals surface area (Å²) in [5.41, 5.74) is 4.43. The largest absolute Gasteiger partial charge is 0.490 e. The first-order valence-electron chi connectivity index (χ1n) is 13.7. The molecule has 1 fully saturated rings. The highest BCUT2D eigenvalue weighted by Gasteiger charge is 2.38. The molecule has 0 saturated carbocycles. The lowest BCUT2D eigenvalue weighted by molar-refractivity contribution is -0.192. The molecule has 43 heavy (non-hydrogen) atoms. The number of rotatable bonds is 7. The van der Waals surface area contributed by atoms with Crippen LogP contribution in [0.25, 0.3) is 0 Å². The number of anilines is 2. The van der Waals surface area contributed by atoms with E-state index in [1.807, 2.05) is 24.3 Å². The molecule has 2 aliphatic rings. The zero-order valence-electron chi connectivity index (χ0n) is 24.5. The number of carboxylic acid groups (broad SMARTS) is 1. The Bertz CT molecular complexity index is 1370. The van der Waals surface area contributed by atoms with E-state index in [4.69, 9.17) is 19.6 Å². The van der Waals surface area contributed by atoms with Gasteiger partial charge in [-0.05, 0) is 63.5 Å². The van der Waals surface area contributed by atoms with Gasteiger partial charge in [0.1, 0.15) is 16.9 Å². The number of aromatic nitrogens is 1. The van der Waals surface area contributed by atoms with Crippen molar-refractivity contribution >= 4 is 35.1 Å². The van der Waals surface area contributed by atoms with E-state index in [0.29, 0.717) is 30.7 Å². The maximum Gasteiger partial charge on any atom is 0.490 e. The SMILES string of the molecule is C=CC(=O)Nc1ccc(CCSc2nc(N3CC(C)NC(C)C3)c3c(c2C#N)CC(C)(C)OC3)cc1.O=C(O)C(F)(F)F. The van der Waals surface area contributed by atoms with Gasteiger partial charge in [-0.3, -0.25) is 4.79 Å². The van der Waals surface area contributed by atoms with Gasteiger partial charge in [0.2, 0.25) is 5.91 Å². The Morgan fingerprint density at radius 2 is 1.86 bits per heavy atom. The monoisotopic (exact) mass is 619 g/mol. The molecule has 0 bridgehead atoms. The second kappa shape index (κ2) is 14.2. The van der Waals surface area contributed by atoms with E-state index in [9.17, 15) is 23.2 Å². The number of carbonyl (C=O) groups excluding carboxylic acids is 1. The van der Waals surface area contributed by atoms with Crippen LogP contribution >= 0.6 is 11.8 Å². The van der Waals surface area contributed by atoms with Gasteiger partial charge in [0, 0.05) is 48.6 Å². The number of hydrogen-bond acceptors (Lipinski definition) is 8. The van der Waals surface area contributed by atoms with Crippen molar-refractivity contribution in [3.8, 4) is 6.07 Å². The fraction of sp³-hybridized carbons (Fsp3) is 0.467. The first-order chi connectivity index (χ1) is 20.1. The Labute approximate surface area is 253 Å². The van der Waals surface area contributed by atoms with Crippen molar-refractivity contribution in [3.05, 3.63) is 59.2 Å². The van der Waals surface area contributed by atoms with Gasteiger partial charge in [-0.25, -0.2) is 9.78 Å². The van der Waals surface area contributed by atoms with Crippen molar-refractivity contribution < 1.29 is 32.6 Å². The number of thioether (sulfide) groups is 1. The third-order valence-corrected chi connectivity index (χ3v) is 7.79. The third kappa shape index (κ3) is 9.44. The highest BCUT2D eigenvalue weighted by atomic mass is 32.2. The topological polar surface area (TPSA) is 128 Å². The molecule has 0 aliphatic carbocycles. The molecule has 1 aromatic carbocycles. The minimum absolute atomic E-state index is 0.224. The molecule has 0 radical (unpaired) electrons. The maximum absolute atomic E-state index is 11.5. The molecule has 3 N–H and O–H groups in total. The fourth-order valence-corrected chi connectivity index (χ4v) is 5.92. The van der Waals surface area contributed by atoms with Crippen molar-refractivity contribution in [3.63, 3.8) is 0 Å². The summed E-state index contributed by atoms with van der Waals surface area (Å²) in [4.78, 5) is 27.8. The minimum Gasteiger partial charge on any atom is -0.475 e. The summed E-state index contributed by atoms with van der Waals surface area (Å²) in [6.07, 6.45) is -2.30. The van der Waals surface area contributed by atoms with Gasteiger partial charge < -0.3 is 25.4 Å². The fourth-order valence-electron chi connectivity index (χ4n) is 4.92. The summed E-state index contributed by atoms with van der Waals surface area (Å²) < 4.78 is 37.9. The molecule has 2 aliphatic heterocycles. The molecule has 0 spiro atoms. The van der Waals surface area contributed by atoms with E-state index >= 15 is 0 Å². The van der Waals surface area contributed by atoms with Gasteiger partial charge in [0.25, 0.3) is 0 Å². The molecule has 1 saturated heterocycles. The average molecular weight is 620 g/mol. The van der Waals surface area contributed by atoms with Crippen molar-refractivity contribution in [1.82, 2.24) is 10.3 Å². The molecule has 1 aromatic heterocycles. The second-order valence-corrected chi connectivity index (χ2v) is 12.2. The van der Waals surface area contributed by atoms with Crippen molar-refractivity contribution in [2.75, 3.05) is 29.1 Å². The summed E-state index contributed by atoms with van der Waals surface area (Å²) in [5, 5.41) is 24.4. The van der Waals surface area contributed by atoms with E-state index in [-0.39, 0.29) is 11.5 Å². The molecule has 9 nitrogen and oxygen atoms in total. The number of halogens is 3. The molecule has 3 heterocycles. The minimum atomic E-state index is -5.08. The Kier molecular flexibility index (Phi) is 11.2. The first-order valence-corrected chi connectivity index (χ1v) is 14.7. The van der Waals surface area contributed by atoms with E-state index in [1.54, 1.807) is 11.8 Å². The lowest BCUT2D eigenvalue weighted by atomic mass is 9.89. The molecular weight excluding hydrogens is 583 g/mol. The molecule has 232 valence electrons. The normalized spacial score (nSPS) is 19.3. The highest BCUT2D eigenvalue weighted by molar-refractivity contribution is 7.99. The van der Waals surface area contributed by atoms with Crippen molar-refractivity contribution in [2.45, 2.75) is 76.0 Å². The van der Waals surface area contributed by atoms with Gasteiger partial charge in [-0.1, -0.05) is 18.7 Å². The number of hydrogen-bond donors (Lipinski definition) is 3. The number of nitrogens with zero attached hydrogens (tertiary/aromatic N) is 3.